The molecule has 0 aliphatic carbocycles. The zero-order valence-electron chi connectivity index (χ0n) is 9.71. The zero-order valence-corrected chi connectivity index (χ0v) is 9.71. The van der Waals surface area contributed by atoms with E-state index in [-0.39, 0.29) is 6.42 Å². The number of carboxylic acid groups (broad SMARTS) is 3. The molecule has 0 saturated carbocycles. The molecule has 18 heavy (non-hydrogen) atoms. The van der Waals surface area contributed by atoms with Crippen molar-refractivity contribution in [3.63, 3.8) is 0 Å². The Kier molecular flexibility index (Phi) is 10.0. The van der Waals surface area contributed by atoms with Gasteiger partial charge in [-0.15, -0.1) is 0 Å². The SMILES string of the molecule is CCCC(=O)C(=O)O.O=C(O)CCC(=O)C(=O)O. The van der Waals surface area contributed by atoms with E-state index >= 15 is 0 Å². The van der Waals surface area contributed by atoms with Gasteiger partial charge in [0.2, 0.25) is 11.6 Å². The van der Waals surface area contributed by atoms with Gasteiger partial charge in [0.05, 0.1) is 6.42 Å². The number of carbonyl (C=O) groups excluding carboxylic acids is 2. The molecule has 0 atom stereocenters. The number of rotatable bonds is 7. The minimum Gasteiger partial charge on any atom is -0.481 e. The van der Waals surface area contributed by atoms with Crippen LogP contribution in [-0.2, 0) is 24.0 Å². The summed E-state index contributed by atoms with van der Waals surface area (Å²) in [6.07, 6.45) is -0.115. The molecule has 3 N–H and O–H groups in total. The summed E-state index contributed by atoms with van der Waals surface area (Å²) in [6.45, 7) is 1.76. The Morgan fingerprint density at radius 3 is 1.33 bits per heavy atom. The van der Waals surface area contributed by atoms with E-state index in [0.717, 1.165) is 0 Å². The standard InChI is InChI=1S/C5H6O5.C5H8O3/c6-3(5(9)10)1-2-4(7)8;1-2-3-4(6)5(7)8/h1-2H2,(H,7,8)(H,9,10);2-3H2,1H3,(H,7,8). The molecule has 0 amide bonds. The van der Waals surface area contributed by atoms with Crippen molar-refractivity contribution in [2.75, 3.05) is 0 Å². The van der Waals surface area contributed by atoms with Gasteiger partial charge in [0.15, 0.2) is 0 Å². The number of Topliss-reactive ketones (excluding diaryl/α,β-unsaturated/α-hetero) is 2. The second-order valence-electron chi connectivity index (χ2n) is 3.10. The molecule has 8 heteroatoms. The van der Waals surface area contributed by atoms with Gasteiger partial charge in [-0.25, -0.2) is 9.59 Å². The summed E-state index contributed by atoms with van der Waals surface area (Å²) < 4.78 is 0. The summed E-state index contributed by atoms with van der Waals surface area (Å²) in [5.41, 5.74) is 0. The van der Waals surface area contributed by atoms with Gasteiger partial charge in [-0.1, -0.05) is 6.92 Å². The lowest BCUT2D eigenvalue weighted by molar-refractivity contribution is -0.149. The second kappa shape index (κ2) is 9.94. The van der Waals surface area contributed by atoms with Gasteiger partial charge in [-0.05, 0) is 6.42 Å². The van der Waals surface area contributed by atoms with Gasteiger partial charge in [-0.2, -0.15) is 0 Å². The van der Waals surface area contributed by atoms with Gasteiger partial charge in [0.1, 0.15) is 0 Å². The number of carboxylic acids is 3. The van der Waals surface area contributed by atoms with Crippen LogP contribution in [0, 0.1) is 0 Å². The Bertz CT molecular complexity index is 344. The minimum atomic E-state index is -1.58. The van der Waals surface area contributed by atoms with Crippen LogP contribution in [0.3, 0.4) is 0 Å². The summed E-state index contributed by atoms with van der Waals surface area (Å²) in [4.78, 5) is 49.6. The van der Waals surface area contributed by atoms with Crippen molar-refractivity contribution >= 4 is 29.5 Å². The van der Waals surface area contributed by atoms with Crippen LogP contribution in [0.25, 0.3) is 0 Å². The van der Waals surface area contributed by atoms with Crippen LogP contribution in [-0.4, -0.2) is 44.8 Å². The highest BCUT2D eigenvalue weighted by molar-refractivity contribution is 6.33. The van der Waals surface area contributed by atoms with Crippen molar-refractivity contribution in [1.82, 2.24) is 0 Å². The van der Waals surface area contributed by atoms with Crippen molar-refractivity contribution in [2.45, 2.75) is 32.6 Å². The van der Waals surface area contributed by atoms with E-state index in [1.807, 2.05) is 0 Å². The van der Waals surface area contributed by atoms with Crippen molar-refractivity contribution in [1.29, 1.82) is 0 Å². The number of hydrogen-bond acceptors (Lipinski definition) is 5. The fourth-order valence-electron chi connectivity index (χ4n) is 0.661. The van der Waals surface area contributed by atoms with E-state index in [4.69, 9.17) is 15.3 Å². The van der Waals surface area contributed by atoms with Crippen LogP contribution < -0.4 is 0 Å². The molecule has 0 aromatic carbocycles. The number of hydrogen-bond donors (Lipinski definition) is 3. The topological polar surface area (TPSA) is 146 Å². The molecule has 0 fully saturated rings. The van der Waals surface area contributed by atoms with Gasteiger partial charge < -0.3 is 15.3 Å². The van der Waals surface area contributed by atoms with Gasteiger partial charge in [0, 0.05) is 12.8 Å². The molecule has 0 aliphatic heterocycles. The fourth-order valence-corrected chi connectivity index (χ4v) is 0.661. The van der Waals surface area contributed by atoms with E-state index in [1.54, 1.807) is 6.92 Å². The Balaban J connectivity index is 0. The maximum Gasteiger partial charge on any atom is 0.372 e. The maximum absolute atomic E-state index is 10.2. The average Bonchev–Trinajstić information content (AvgIpc) is 2.26. The van der Waals surface area contributed by atoms with Gasteiger partial charge >= 0.3 is 17.9 Å². The molecule has 8 nitrogen and oxygen atoms in total. The van der Waals surface area contributed by atoms with E-state index in [2.05, 4.69) is 0 Å². The third kappa shape index (κ3) is 11.8. The Hall–Kier alpha value is -2.25. The molecular formula is C10H14O8. The average molecular weight is 262 g/mol. The first-order chi connectivity index (χ1) is 8.22. The first kappa shape index (κ1) is 18.1. The largest absolute Gasteiger partial charge is 0.481 e. The summed E-state index contributed by atoms with van der Waals surface area (Å²) in [7, 11) is 0. The highest BCUT2D eigenvalue weighted by atomic mass is 16.4. The number of aliphatic carboxylic acids is 3. The third-order valence-corrected chi connectivity index (χ3v) is 1.52. The quantitative estimate of drug-likeness (QED) is 0.541. The summed E-state index contributed by atoms with van der Waals surface area (Å²) in [5.74, 6) is -5.85. The van der Waals surface area contributed by atoms with E-state index in [9.17, 15) is 24.0 Å². The molecule has 0 saturated heterocycles. The molecule has 0 aromatic heterocycles. The predicted octanol–water partition coefficient (Wildman–Crippen LogP) is -0.0549. The fraction of sp³-hybridized carbons (Fsp3) is 0.500. The van der Waals surface area contributed by atoms with Crippen molar-refractivity contribution in [3.8, 4) is 0 Å². The van der Waals surface area contributed by atoms with Crippen LogP contribution in [0.15, 0.2) is 0 Å². The van der Waals surface area contributed by atoms with Crippen LogP contribution >= 0.6 is 0 Å². The lowest BCUT2D eigenvalue weighted by Crippen LogP contribution is -2.13. The monoisotopic (exact) mass is 262 g/mol. The first-order valence-corrected chi connectivity index (χ1v) is 4.96. The lowest BCUT2D eigenvalue weighted by Gasteiger charge is -1.88. The van der Waals surface area contributed by atoms with E-state index in [1.165, 1.54) is 0 Å². The Morgan fingerprint density at radius 2 is 1.11 bits per heavy atom. The van der Waals surface area contributed by atoms with E-state index in [0.29, 0.717) is 6.42 Å². The van der Waals surface area contributed by atoms with Crippen LogP contribution in [0.4, 0.5) is 0 Å². The highest BCUT2D eigenvalue weighted by Gasteiger charge is 2.12. The highest BCUT2D eigenvalue weighted by Crippen LogP contribution is 1.90. The number of ketones is 2. The number of carbonyl (C=O) groups is 5. The molecule has 102 valence electrons. The van der Waals surface area contributed by atoms with Gasteiger partial charge in [-0.3, -0.25) is 14.4 Å². The summed E-state index contributed by atoms with van der Waals surface area (Å²) >= 11 is 0. The molecule has 0 unspecified atom stereocenters. The second-order valence-corrected chi connectivity index (χ2v) is 3.10. The van der Waals surface area contributed by atoms with Gasteiger partial charge in [0.25, 0.3) is 0 Å². The molecule has 0 spiro atoms. The molecular weight excluding hydrogens is 248 g/mol. The summed E-state index contributed by atoms with van der Waals surface area (Å²) in [5, 5.41) is 23.9. The molecule has 0 radical (unpaired) electrons. The van der Waals surface area contributed by atoms with Crippen molar-refractivity contribution in [2.24, 2.45) is 0 Å². The van der Waals surface area contributed by atoms with Crippen LogP contribution in [0.2, 0.25) is 0 Å². The van der Waals surface area contributed by atoms with E-state index < -0.39 is 42.3 Å². The molecule has 0 aromatic rings. The lowest BCUT2D eigenvalue weighted by atomic mass is 10.2. The molecule has 0 bridgehead atoms. The van der Waals surface area contributed by atoms with Crippen molar-refractivity contribution in [3.05, 3.63) is 0 Å². The molecule has 0 aliphatic rings. The zero-order chi connectivity index (χ0) is 14.7. The normalized spacial score (nSPS) is 8.72. The molecule has 0 heterocycles. The smallest absolute Gasteiger partial charge is 0.372 e. The first-order valence-electron chi connectivity index (χ1n) is 4.96. The Labute approximate surface area is 102 Å². The minimum absolute atomic E-state index is 0.148. The summed E-state index contributed by atoms with van der Waals surface area (Å²) in [6, 6.07) is 0. The Morgan fingerprint density at radius 1 is 0.722 bits per heavy atom. The van der Waals surface area contributed by atoms with Crippen molar-refractivity contribution < 1.29 is 39.3 Å². The van der Waals surface area contributed by atoms with Crippen LogP contribution in [0.5, 0.6) is 0 Å². The third-order valence-electron chi connectivity index (χ3n) is 1.52. The van der Waals surface area contributed by atoms with Crippen LogP contribution in [0.1, 0.15) is 32.6 Å². The molecule has 0 rings (SSSR count). The maximum atomic E-state index is 10.2. The predicted molar refractivity (Wildman–Crippen MR) is 57.1 cm³/mol.